The highest BCUT2D eigenvalue weighted by atomic mass is 32.1. The van der Waals surface area contributed by atoms with E-state index in [4.69, 9.17) is 17.0 Å². The van der Waals surface area contributed by atoms with Gasteiger partial charge in [0.15, 0.2) is 5.11 Å². The number of morpholine rings is 1. The molecule has 2 saturated heterocycles. The SMILES string of the molecule is S=C(NC1CCCCC1)N1CC2CCC(C1)O2. The summed E-state index contributed by atoms with van der Waals surface area (Å²) in [6.07, 6.45) is 9.98. The minimum Gasteiger partial charge on any atom is -0.371 e. The van der Waals surface area contributed by atoms with Gasteiger partial charge >= 0.3 is 0 Å². The standard InChI is InChI=1S/C13H22N2OS/c17-13(14-10-4-2-1-3-5-10)15-8-11-6-7-12(9-15)16-11/h10-12H,1-9H2,(H,14,17). The summed E-state index contributed by atoms with van der Waals surface area (Å²) in [7, 11) is 0. The molecule has 1 N–H and O–H groups in total. The molecule has 96 valence electrons. The number of likely N-dealkylation sites (tertiary alicyclic amines) is 1. The summed E-state index contributed by atoms with van der Waals surface area (Å²) >= 11 is 5.55. The van der Waals surface area contributed by atoms with Crippen LogP contribution < -0.4 is 5.32 Å². The van der Waals surface area contributed by atoms with E-state index in [2.05, 4.69) is 10.2 Å². The van der Waals surface area contributed by atoms with Gasteiger partial charge < -0.3 is 15.0 Å². The molecule has 1 aliphatic carbocycles. The van der Waals surface area contributed by atoms with E-state index in [0.717, 1.165) is 18.2 Å². The molecule has 2 bridgehead atoms. The van der Waals surface area contributed by atoms with Crippen LogP contribution in [0.2, 0.25) is 0 Å². The van der Waals surface area contributed by atoms with Crippen molar-refractivity contribution in [3.63, 3.8) is 0 Å². The molecule has 4 heteroatoms. The Balaban J connectivity index is 1.51. The molecule has 3 fully saturated rings. The van der Waals surface area contributed by atoms with E-state index in [-0.39, 0.29) is 0 Å². The lowest BCUT2D eigenvalue weighted by molar-refractivity contribution is -0.0161. The molecule has 2 heterocycles. The Bertz CT molecular complexity index is 279. The van der Waals surface area contributed by atoms with Crippen LogP contribution in [0.25, 0.3) is 0 Å². The highest BCUT2D eigenvalue weighted by Crippen LogP contribution is 2.26. The van der Waals surface area contributed by atoms with E-state index in [9.17, 15) is 0 Å². The summed E-state index contributed by atoms with van der Waals surface area (Å²) in [5.41, 5.74) is 0. The molecule has 3 nitrogen and oxygen atoms in total. The molecule has 17 heavy (non-hydrogen) atoms. The van der Waals surface area contributed by atoms with Gasteiger partial charge in [0.25, 0.3) is 0 Å². The zero-order valence-corrected chi connectivity index (χ0v) is 11.2. The van der Waals surface area contributed by atoms with Crippen LogP contribution in [0.1, 0.15) is 44.9 Å². The molecule has 2 aliphatic heterocycles. The number of hydrogen-bond acceptors (Lipinski definition) is 2. The Morgan fingerprint density at radius 1 is 1.00 bits per heavy atom. The summed E-state index contributed by atoms with van der Waals surface area (Å²) in [5, 5.41) is 4.53. The van der Waals surface area contributed by atoms with Crippen molar-refractivity contribution < 1.29 is 4.74 Å². The first-order valence-corrected chi connectivity index (χ1v) is 7.43. The number of rotatable bonds is 1. The van der Waals surface area contributed by atoms with Crippen LogP contribution in [-0.4, -0.2) is 41.4 Å². The summed E-state index contributed by atoms with van der Waals surface area (Å²) in [6, 6.07) is 0.622. The quantitative estimate of drug-likeness (QED) is 0.724. The molecule has 2 unspecified atom stereocenters. The average Bonchev–Trinajstić information content (AvgIpc) is 2.69. The lowest BCUT2D eigenvalue weighted by atomic mass is 9.96. The third-order valence-corrected chi connectivity index (χ3v) is 4.64. The van der Waals surface area contributed by atoms with Crippen molar-refractivity contribution in [2.24, 2.45) is 0 Å². The number of fused-ring (bicyclic) bond motifs is 2. The molecular formula is C13H22N2OS. The maximum atomic E-state index is 5.84. The summed E-state index contributed by atoms with van der Waals surface area (Å²) in [6.45, 7) is 1.99. The van der Waals surface area contributed by atoms with Gasteiger partial charge in [-0.15, -0.1) is 0 Å². The zero-order chi connectivity index (χ0) is 11.7. The van der Waals surface area contributed by atoms with E-state index in [1.54, 1.807) is 0 Å². The van der Waals surface area contributed by atoms with Gasteiger partial charge in [-0.3, -0.25) is 0 Å². The van der Waals surface area contributed by atoms with E-state index in [1.165, 1.54) is 44.9 Å². The van der Waals surface area contributed by atoms with Gasteiger partial charge in [0.2, 0.25) is 0 Å². The normalized spacial score (nSPS) is 33.8. The Hall–Kier alpha value is -0.350. The van der Waals surface area contributed by atoms with E-state index in [0.29, 0.717) is 18.2 Å². The number of nitrogens with one attached hydrogen (secondary N) is 1. The predicted molar refractivity (Wildman–Crippen MR) is 72.1 cm³/mol. The second-order valence-corrected chi connectivity index (χ2v) is 6.03. The van der Waals surface area contributed by atoms with E-state index >= 15 is 0 Å². The minimum atomic E-state index is 0.430. The second kappa shape index (κ2) is 5.11. The monoisotopic (exact) mass is 254 g/mol. The first kappa shape index (κ1) is 11.7. The van der Waals surface area contributed by atoms with Crippen molar-refractivity contribution in [2.75, 3.05) is 13.1 Å². The summed E-state index contributed by atoms with van der Waals surface area (Å²) in [4.78, 5) is 2.33. The fraction of sp³-hybridized carbons (Fsp3) is 0.923. The maximum absolute atomic E-state index is 5.84. The number of nitrogens with zero attached hydrogens (tertiary/aromatic N) is 1. The molecule has 0 spiro atoms. The largest absolute Gasteiger partial charge is 0.371 e. The molecular weight excluding hydrogens is 232 g/mol. The highest BCUT2D eigenvalue weighted by Gasteiger charge is 2.34. The van der Waals surface area contributed by atoms with Crippen molar-refractivity contribution in [2.45, 2.75) is 63.2 Å². The van der Waals surface area contributed by atoms with Gasteiger partial charge in [0, 0.05) is 19.1 Å². The topological polar surface area (TPSA) is 24.5 Å². The van der Waals surface area contributed by atoms with Gasteiger partial charge in [-0.25, -0.2) is 0 Å². The molecule has 1 saturated carbocycles. The highest BCUT2D eigenvalue weighted by molar-refractivity contribution is 7.80. The molecule has 0 amide bonds. The lowest BCUT2D eigenvalue weighted by Gasteiger charge is -2.36. The van der Waals surface area contributed by atoms with Gasteiger partial charge in [-0.05, 0) is 37.9 Å². The molecule has 3 rings (SSSR count). The Labute approximate surface area is 109 Å². The molecule has 0 radical (unpaired) electrons. The van der Waals surface area contributed by atoms with Crippen molar-refractivity contribution in [1.82, 2.24) is 10.2 Å². The van der Waals surface area contributed by atoms with E-state index < -0.39 is 0 Å². The van der Waals surface area contributed by atoms with Gasteiger partial charge in [-0.2, -0.15) is 0 Å². The number of hydrogen-bond donors (Lipinski definition) is 1. The van der Waals surface area contributed by atoms with Crippen LogP contribution in [0, 0.1) is 0 Å². The Morgan fingerprint density at radius 2 is 1.65 bits per heavy atom. The van der Waals surface area contributed by atoms with Crippen molar-refractivity contribution in [1.29, 1.82) is 0 Å². The van der Waals surface area contributed by atoms with Gasteiger partial charge in [0.05, 0.1) is 12.2 Å². The fourth-order valence-electron chi connectivity index (χ4n) is 3.29. The molecule has 0 aromatic carbocycles. The average molecular weight is 254 g/mol. The van der Waals surface area contributed by atoms with Crippen LogP contribution in [-0.2, 0) is 4.74 Å². The molecule has 2 atom stereocenters. The van der Waals surface area contributed by atoms with Crippen molar-refractivity contribution >= 4 is 17.3 Å². The number of thiocarbonyl (C=S) groups is 1. The summed E-state index contributed by atoms with van der Waals surface area (Å²) in [5.74, 6) is 0. The zero-order valence-electron chi connectivity index (χ0n) is 10.4. The van der Waals surface area contributed by atoms with Crippen LogP contribution in [0.4, 0.5) is 0 Å². The third-order valence-electron chi connectivity index (χ3n) is 4.26. The molecule has 3 aliphatic rings. The van der Waals surface area contributed by atoms with Gasteiger partial charge in [0.1, 0.15) is 0 Å². The van der Waals surface area contributed by atoms with E-state index in [1.807, 2.05) is 0 Å². The Morgan fingerprint density at radius 3 is 2.29 bits per heavy atom. The predicted octanol–water partition coefficient (Wildman–Crippen LogP) is 2.06. The smallest absolute Gasteiger partial charge is 0.169 e. The maximum Gasteiger partial charge on any atom is 0.169 e. The lowest BCUT2D eigenvalue weighted by Crippen LogP contribution is -2.52. The van der Waals surface area contributed by atoms with Crippen LogP contribution in [0.15, 0.2) is 0 Å². The Kier molecular flexibility index (Phi) is 3.52. The van der Waals surface area contributed by atoms with Crippen molar-refractivity contribution in [3.8, 4) is 0 Å². The van der Waals surface area contributed by atoms with Crippen LogP contribution >= 0.6 is 12.2 Å². The number of ether oxygens (including phenoxy) is 1. The van der Waals surface area contributed by atoms with Crippen LogP contribution in [0.5, 0.6) is 0 Å². The third kappa shape index (κ3) is 2.74. The molecule has 0 aromatic rings. The fourth-order valence-corrected chi connectivity index (χ4v) is 3.61. The molecule has 0 aromatic heterocycles. The first-order chi connectivity index (χ1) is 8.31. The first-order valence-electron chi connectivity index (χ1n) is 7.02. The van der Waals surface area contributed by atoms with Crippen LogP contribution in [0.3, 0.4) is 0 Å². The second-order valence-electron chi connectivity index (χ2n) is 5.65. The summed E-state index contributed by atoms with van der Waals surface area (Å²) < 4.78 is 5.84. The van der Waals surface area contributed by atoms with Crippen molar-refractivity contribution in [3.05, 3.63) is 0 Å². The van der Waals surface area contributed by atoms with Gasteiger partial charge in [-0.1, -0.05) is 19.3 Å². The minimum absolute atomic E-state index is 0.430.